The Morgan fingerprint density at radius 2 is 1.65 bits per heavy atom. The average Bonchev–Trinajstić information content (AvgIpc) is 2.56. The van der Waals surface area contributed by atoms with Crippen LogP contribution in [-0.2, 0) is 11.3 Å². The number of benzene rings is 2. The summed E-state index contributed by atoms with van der Waals surface area (Å²) in [5.74, 6) is -0.781. The second-order valence-corrected chi connectivity index (χ2v) is 6.05. The first kappa shape index (κ1) is 17.5. The predicted molar refractivity (Wildman–Crippen MR) is 94.7 cm³/mol. The third kappa shape index (κ3) is 5.38. The van der Waals surface area contributed by atoms with E-state index in [1.54, 1.807) is 0 Å². The lowest BCUT2D eigenvalue weighted by Crippen LogP contribution is -2.36. The van der Waals surface area contributed by atoms with E-state index in [0.29, 0.717) is 13.0 Å². The lowest BCUT2D eigenvalue weighted by Gasteiger charge is -2.14. The van der Waals surface area contributed by atoms with E-state index in [0.717, 1.165) is 34.6 Å². The molecule has 0 saturated heterocycles. The van der Waals surface area contributed by atoms with Gasteiger partial charge in [-0.3, -0.25) is 4.79 Å². The molecule has 122 valence electrons. The van der Waals surface area contributed by atoms with Gasteiger partial charge in [-0.05, 0) is 35.2 Å². The minimum Gasteiger partial charge on any atom is -0.480 e. The third-order valence-corrected chi connectivity index (χ3v) is 4.08. The van der Waals surface area contributed by atoms with Crippen molar-refractivity contribution in [2.24, 2.45) is 0 Å². The van der Waals surface area contributed by atoms with Crippen LogP contribution in [0.15, 0.2) is 48.5 Å². The third-order valence-electron chi connectivity index (χ3n) is 3.83. The van der Waals surface area contributed by atoms with Gasteiger partial charge in [-0.25, -0.2) is 0 Å². The summed E-state index contributed by atoms with van der Waals surface area (Å²) < 4.78 is 0. The second-order valence-electron chi connectivity index (χ2n) is 5.62. The maximum absolute atomic E-state index is 11.2. The van der Waals surface area contributed by atoms with Crippen LogP contribution in [0.25, 0.3) is 11.1 Å². The fourth-order valence-electron chi connectivity index (χ4n) is 2.42. The number of carboxylic acid groups (broad SMARTS) is 1. The molecule has 0 heterocycles. The Balaban J connectivity index is 1.96. The quantitative estimate of drug-likeness (QED) is 0.734. The van der Waals surface area contributed by atoms with E-state index in [1.807, 2.05) is 48.5 Å². The van der Waals surface area contributed by atoms with E-state index in [2.05, 4.69) is 12.2 Å². The molecule has 2 N–H and O–H groups in total. The molecule has 0 radical (unpaired) electrons. The van der Waals surface area contributed by atoms with Crippen molar-refractivity contribution in [1.82, 2.24) is 5.32 Å². The maximum atomic E-state index is 11.2. The van der Waals surface area contributed by atoms with Gasteiger partial charge in [-0.15, -0.1) is 0 Å². The zero-order valence-electron chi connectivity index (χ0n) is 13.3. The van der Waals surface area contributed by atoms with Crippen LogP contribution >= 0.6 is 11.6 Å². The van der Waals surface area contributed by atoms with Crippen LogP contribution in [0, 0.1) is 0 Å². The van der Waals surface area contributed by atoms with Gasteiger partial charge >= 0.3 is 5.97 Å². The van der Waals surface area contributed by atoms with Crippen molar-refractivity contribution in [1.29, 1.82) is 0 Å². The first-order valence-electron chi connectivity index (χ1n) is 7.91. The Bertz CT molecular complexity index is 623. The zero-order valence-corrected chi connectivity index (χ0v) is 14.0. The van der Waals surface area contributed by atoms with Crippen molar-refractivity contribution in [2.45, 2.75) is 38.8 Å². The molecule has 0 aliphatic rings. The molecule has 0 bridgehead atoms. The molecule has 2 rings (SSSR count). The first-order chi connectivity index (χ1) is 11.1. The largest absolute Gasteiger partial charge is 0.480 e. The van der Waals surface area contributed by atoms with Crippen LogP contribution in [0.5, 0.6) is 0 Å². The summed E-state index contributed by atoms with van der Waals surface area (Å²) >= 11 is 5.90. The Morgan fingerprint density at radius 3 is 2.17 bits per heavy atom. The molecule has 0 amide bonds. The summed E-state index contributed by atoms with van der Waals surface area (Å²) in [6.45, 7) is 2.62. The highest BCUT2D eigenvalue weighted by molar-refractivity contribution is 6.30. The van der Waals surface area contributed by atoms with E-state index < -0.39 is 12.0 Å². The van der Waals surface area contributed by atoms with E-state index in [-0.39, 0.29) is 0 Å². The van der Waals surface area contributed by atoms with Crippen LogP contribution in [-0.4, -0.2) is 17.1 Å². The van der Waals surface area contributed by atoms with E-state index in [4.69, 9.17) is 11.6 Å². The van der Waals surface area contributed by atoms with Gasteiger partial charge in [-0.2, -0.15) is 0 Å². The van der Waals surface area contributed by atoms with Crippen LogP contribution in [0.1, 0.15) is 31.7 Å². The molecular formula is C19H22ClNO2. The SMILES string of the molecule is CCCCC(NCc1ccc(-c2ccc(Cl)cc2)cc1)C(=O)O. The van der Waals surface area contributed by atoms with Gasteiger partial charge in [0.1, 0.15) is 6.04 Å². The number of aliphatic carboxylic acids is 1. The standard InChI is InChI=1S/C19H22ClNO2/c1-2-3-4-18(19(22)23)21-13-14-5-7-15(8-6-14)16-9-11-17(20)12-10-16/h5-12,18,21H,2-4,13H2,1H3,(H,22,23). The van der Waals surface area contributed by atoms with Crippen molar-refractivity contribution in [3.63, 3.8) is 0 Å². The maximum Gasteiger partial charge on any atom is 0.320 e. The predicted octanol–water partition coefficient (Wildman–Crippen LogP) is 4.74. The van der Waals surface area contributed by atoms with Gasteiger partial charge < -0.3 is 10.4 Å². The first-order valence-corrected chi connectivity index (χ1v) is 8.29. The Labute approximate surface area is 142 Å². The molecule has 1 unspecified atom stereocenters. The van der Waals surface area contributed by atoms with Gasteiger partial charge in [0.25, 0.3) is 0 Å². The van der Waals surface area contributed by atoms with E-state index in [9.17, 15) is 9.90 Å². The van der Waals surface area contributed by atoms with Crippen molar-refractivity contribution in [3.05, 3.63) is 59.1 Å². The van der Waals surface area contributed by atoms with Crippen molar-refractivity contribution in [2.75, 3.05) is 0 Å². The number of rotatable bonds is 8. The molecule has 0 aliphatic carbocycles. The highest BCUT2D eigenvalue weighted by atomic mass is 35.5. The molecule has 0 saturated carbocycles. The summed E-state index contributed by atoms with van der Waals surface area (Å²) in [7, 11) is 0. The molecule has 2 aromatic rings. The summed E-state index contributed by atoms with van der Waals surface area (Å²) in [5, 5.41) is 13.1. The van der Waals surface area contributed by atoms with E-state index in [1.165, 1.54) is 0 Å². The summed E-state index contributed by atoms with van der Waals surface area (Å²) in [6.07, 6.45) is 2.58. The minimum atomic E-state index is -0.781. The number of carboxylic acids is 1. The number of carbonyl (C=O) groups is 1. The number of hydrogen-bond acceptors (Lipinski definition) is 2. The lowest BCUT2D eigenvalue weighted by atomic mass is 10.0. The number of hydrogen-bond donors (Lipinski definition) is 2. The number of unbranched alkanes of at least 4 members (excludes halogenated alkanes) is 1. The highest BCUT2D eigenvalue weighted by Crippen LogP contribution is 2.21. The van der Waals surface area contributed by atoms with Gasteiger partial charge in [0, 0.05) is 11.6 Å². The molecule has 23 heavy (non-hydrogen) atoms. The van der Waals surface area contributed by atoms with Crippen molar-refractivity contribution >= 4 is 17.6 Å². The zero-order chi connectivity index (χ0) is 16.7. The Kier molecular flexibility index (Phi) is 6.63. The molecule has 0 fully saturated rings. The Morgan fingerprint density at radius 1 is 1.09 bits per heavy atom. The van der Waals surface area contributed by atoms with Crippen molar-refractivity contribution in [3.8, 4) is 11.1 Å². The van der Waals surface area contributed by atoms with Gasteiger partial charge in [0.15, 0.2) is 0 Å². The monoisotopic (exact) mass is 331 g/mol. The normalized spacial score (nSPS) is 12.1. The smallest absolute Gasteiger partial charge is 0.320 e. The van der Waals surface area contributed by atoms with Gasteiger partial charge in [0.05, 0.1) is 0 Å². The average molecular weight is 332 g/mol. The minimum absolute atomic E-state index is 0.481. The second kappa shape index (κ2) is 8.70. The van der Waals surface area contributed by atoms with Crippen LogP contribution in [0.4, 0.5) is 0 Å². The molecular weight excluding hydrogens is 310 g/mol. The highest BCUT2D eigenvalue weighted by Gasteiger charge is 2.15. The molecule has 3 nitrogen and oxygen atoms in total. The van der Waals surface area contributed by atoms with Crippen LogP contribution in [0.2, 0.25) is 5.02 Å². The number of nitrogens with one attached hydrogen (secondary N) is 1. The molecule has 0 spiro atoms. The summed E-state index contributed by atoms with van der Waals surface area (Å²) in [4.78, 5) is 11.2. The Hall–Kier alpha value is -1.84. The molecule has 0 aromatic heterocycles. The van der Waals surface area contributed by atoms with Crippen LogP contribution < -0.4 is 5.32 Å². The fourth-order valence-corrected chi connectivity index (χ4v) is 2.55. The molecule has 4 heteroatoms. The summed E-state index contributed by atoms with van der Waals surface area (Å²) in [6, 6.07) is 15.4. The van der Waals surface area contributed by atoms with Crippen molar-refractivity contribution < 1.29 is 9.90 Å². The topological polar surface area (TPSA) is 49.3 Å². The summed E-state index contributed by atoms with van der Waals surface area (Å²) in [5.41, 5.74) is 3.30. The lowest BCUT2D eigenvalue weighted by molar-refractivity contribution is -0.139. The fraction of sp³-hybridized carbons (Fsp3) is 0.316. The molecule has 0 aliphatic heterocycles. The number of halogens is 1. The van der Waals surface area contributed by atoms with Crippen LogP contribution in [0.3, 0.4) is 0 Å². The van der Waals surface area contributed by atoms with Gasteiger partial charge in [-0.1, -0.05) is 67.8 Å². The molecule has 2 aromatic carbocycles. The van der Waals surface area contributed by atoms with Gasteiger partial charge in [0.2, 0.25) is 0 Å². The van der Waals surface area contributed by atoms with E-state index >= 15 is 0 Å². The molecule has 1 atom stereocenters.